The minimum Gasteiger partial charge on any atom is -0.469 e. The molecule has 6 nitrogen and oxygen atoms in total. The Morgan fingerprint density at radius 3 is 2.47 bits per heavy atom. The lowest BCUT2D eigenvalue weighted by atomic mass is 9.98. The van der Waals surface area contributed by atoms with Crippen LogP contribution in [0.3, 0.4) is 0 Å². The van der Waals surface area contributed by atoms with Gasteiger partial charge < -0.3 is 19.1 Å². The zero-order chi connectivity index (χ0) is 14.1. The number of amides is 1. The molecular weight excluding hydrogens is 250 g/mol. The number of esters is 1. The highest BCUT2D eigenvalue weighted by molar-refractivity contribution is 5.79. The summed E-state index contributed by atoms with van der Waals surface area (Å²) in [6.07, 6.45) is 1.72. The Labute approximate surface area is 114 Å². The van der Waals surface area contributed by atoms with Crippen molar-refractivity contribution in [3.8, 4) is 0 Å². The van der Waals surface area contributed by atoms with Gasteiger partial charge in [-0.25, -0.2) is 0 Å². The Morgan fingerprint density at radius 2 is 1.89 bits per heavy atom. The van der Waals surface area contributed by atoms with Crippen LogP contribution in [-0.2, 0) is 23.8 Å². The number of hydrogen-bond acceptors (Lipinski definition) is 5. The molecule has 110 valence electrons. The minimum absolute atomic E-state index is 0.00301. The molecule has 19 heavy (non-hydrogen) atoms. The zero-order valence-electron chi connectivity index (χ0n) is 11.7. The molecule has 1 heterocycles. The van der Waals surface area contributed by atoms with E-state index in [4.69, 9.17) is 9.47 Å². The van der Waals surface area contributed by atoms with E-state index >= 15 is 0 Å². The molecule has 0 aromatic rings. The van der Waals surface area contributed by atoms with E-state index in [1.54, 1.807) is 12.0 Å². The molecule has 0 aliphatic carbocycles. The predicted molar refractivity (Wildman–Crippen MR) is 68.6 cm³/mol. The van der Waals surface area contributed by atoms with Gasteiger partial charge in [0.2, 0.25) is 5.91 Å². The third-order valence-electron chi connectivity index (χ3n) is 3.26. The van der Waals surface area contributed by atoms with E-state index in [-0.39, 0.29) is 24.2 Å². The van der Waals surface area contributed by atoms with Crippen molar-refractivity contribution in [2.45, 2.75) is 19.3 Å². The Hall–Kier alpha value is -1.14. The van der Waals surface area contributed by atoms with Gasteiger partial charge in [0, 0.05) is 39.3 Å². The average Bonchev–Trinajstić information content (AvgIpc) is 2.47. The topological polar surface area (TPSA) is 65.1 Å². The highest BCUT2D eigenvalue weighted by atomic mass is 16.5. The molecule has 0 unspecified atom stereocenters. The van der Waals surface area contributed by atoms with E-state index in [2.05, 4.69) is 4.74 Å². The van der Waals surface area contributed by atoms with Crippen LogP contribution in [0.5, 0.6) is 0 Å². The Kier molecular flexibility index (Phi) is 7.43. The normalized spacial score (nSPS) is 16.1. The first-order valence-electron chi connectivity index (χ1n) is 6.61. The number of methoxy groups -OCH3 is 2. The molecule has 0 radical (unpaired) electrons. The molecule has 1 fully saturated rings. The summed E-state index contributed by atoms with van der Waals surface area (Å²) in [5.41, 5.74) is 0. The number of carbonyl (C=O) groups excluding carboxylic acids is 2. The maximum atomic E-state index is 12.4. The van der Waals surface area contributed by atoms with Crippen LogP contribution in [-0.4, -0.2) is 63.9 Å². The van der Waals surface area contributed by atoms with Crippen molar-refractivity contribution < 1.29 is 23.8 Å². The second kappa shape index (κ2) is 8.87. The Morgan fingerprint density at radius 1 is 1.21 bits per heavy atom. The summed E-state index contributed by atoms with van der Waals surface area (Å²) in [6.45, 7) is 2.61. The molecule has 0 saturated carbocycles. The van der Waals surface area contributed by atoms with Gasteiger partial charge in [0.15, 0.2) is 0 Å². The van der Waals surface area contributed by atoms with Crippen molar-refractivity contribution in [2.24, 2.45) is 5.92 Å². The minimum atomic E-state index is -0.304. The molecular formula is C13H23NO5. The lowest BCUT2D eigenvalue weighted by molar-refractivity contribution is -0.143. The van der Waals surface area contributed by atoms with E-state index in [0.29, 0.717) is 32.9 Å². The first kappa shape index (κ1) is 15.9. The summed E-state index contributed by atoms with van der Waals surface area (Å²) >= 11 is 0. The monoisotopic (exact) mass is 273 g/mol. The van der Waals surface area contributed by atoms with E-state index in [9.17, 15) is 9.59 Å². The van der Waals surface area contributed by atoms with Crippen LogP contribution in [0.15, 0.2) is 0 Å². The molecule has 1 amide bonds. The van der Waals surface area contributed by atoms with Crippen molar-refractivity contribution in [2.75, 3.05) is 47.1 Å². The molecule has 6 heteroatoms. The van der Waals surface area contributed by atoms with Crippen LogP contribution < -0.4 is 0 Å². The molecule has 1 rings (SSSR count). The SMILES string of the molecule is COCCN(CCC(=O)OC)C(=O)C1CCOCC1. The number of nitrogens with zero attached hydrogens (tertiary/aromatic N) is 1. The maximum absolute atomic E-state index is 12.4. The van der Waals surface area contributed by atoms with Gasteiger partial charge in [-0.15, -0.1) is 0 Å². The van der Waals surface area contributed by atoms with Gasteiger partial charge >= 0.3 is 5.97 Å². The molecule has 1 aliphatic heterocycles. The smallest absolute Gasteiger partial charge is 0.307 e. The Bertz CT molecular complexity index is 289. The number of rotatable bonds is 7. The summed E-state index contributed by atoms with van der Waals surface area (Å²) < 4.78 is 14.9. The number of carbonyl (C=O) groups is 2. The average molecular weight is 273 g/mol. The molecule has 0 N–H and O–H groups in total. The second-order valence-corrected chi connectivity index (χ2v) is 4.53. The first-order valence-corrected chi connectivity index (χ1v) is 6.61. The largest absolute Gasteiger partial charge is 0.469 e. The van der Waals surface area contributed by atoms with Gasteiger partial charge in [-0.1, -0.05) is 0 Å². The standard InChI is InChI=1S/C13H23NO5/c1-17-10-7-14(6-3-12(15)18-2)13(16)11-4-8-19-9-5-11/h11H,3-10H2,1-2H3. The molecule has 0 aromatic heterocycles. The van der Waals surface area contributed by atoms with E-state index in [1.165, 1.54) is 7.11 Å². The zero-order valence-corrected chi connectivity index (χ0v) is 11.7. The summed E-state index contributed by atoms with van der Waals surface area (Å²) in [7, 11) is 2.94. The van der Waals surface area contributed by atoms with E-state index < -0.39 is 0 Å². The van der Waals surface area contributed by atoms with Gasteiger partial charge in [-0.05, 0) is 12.8 Å². The van der Waals surface area contributed by atoms with Crippen molar-refractivity contribution in [3.05, 3.63) is 0 Å². The van der Waals surface area contributed by atoms with Crippen LogP contribution in [0.4, 0.5) is 0 Å². The molecule has 0 atom stereocenters. The van der Waals surface area contributed by atoms with Gasteiger partial charge in [-0.2, -0.15) is 0 Å². The van der Waals surface area contributed by atoms with Crippen molar-refractivity contribution >= 4 is 11.9 Å². The van der Waals surface area contributed by atoms with Gasteiger partial charge in [0.05, 0.1) is 20.1 Å². The van der Waals surface area contributed by atoms with Gasteiger partial charge in [0.25, 0.3) is 0 Å². The number of ether oxygens (including phenoxy) is 3. The maximum Gasteiger partial charge on any atom is 0.307 e. The van der Waals surface area contributed by atoms with Crippen LogP contribution in [0.25, 0.3) is 0 Å². The Balaban J connectivity index is 2.50. The second-order valence-electron chi connectivity index (χ2n) is 4.53. The molecule has 0 bridgehead atoms. The fraction of sp³-hybridized carbons (Fsp3) is 0.846. The fourth-order valence-electron chi connectivity index (χ4n) is 2.06. The lowest BCUT2D eigenvalue weighted by Crippen LogP contribution is -2.41. The van der Waals surface area contributed by atoms with Crippen molar-refractivity contribution in [1.82, 2.24) is 4.90 Å². The summed E-state index contributed by atoms with van der Waals surface area (Å²) in [6, 6.07) is 0. The van der Waals surface area contributed by atoms with E-state index in [1.807, 2.05) is 0 Å². The van der Waals surface area contributed by atoms with Gasteiger partial charge in [-0.3, -0.25) is 9.59 Å². The lowest BCUT2D eigenvalue weighted by Gasteiger charge is -2.29. The van der Waals surface area contributed by atoms with Crippen molar-refractivity contribution in [3.63, 3.8) is 0 Å². The molecule has 1 aliphatic rings. The van der Waals surface area contributed by atoms with Crippen LogP contribution >= 0.6 is 0 Å². The van der Waals surface area contributed by atoms with Gasteiger partial charge in [0.1, 0.15) is 0 Å². The van der Waals surface area contributed by atoms with Crippen LogP contribution in [0.2, 0.25) is 0 Å². The summed E-state index contributed by atoms with van der Waals surface area (Å²) in [5.74, 6) is -0.213. The quantitative estimate of drug-likeness (QED) is 0.630. The highest BCUT2D eigenvalue weighted by Crippen LogP contribution is 2.17. The molecule has 1 saturated heterocycles. The molecule has 0 spiro atoms. The summed E-state index contributed by atoms with van der Waals surface area (Å²) in [5, 5.41) is 0. The van der Waals surface area contributed by atoms with Crippen LogP contribution in [0.1, 0.15) is 19.3 Å². The summed E-state index contributed by atoms with van der Waals surface area (Å²) in [4.78, 5) is 25.2. The highest BCUT2D eigenvalue weighted by Gasteiger charge is 2.26. The predicted octanol–water partition coefficient (Wildman–Crippen LogP) is 0.451. The van der Waals surface area contributed by atoms with Crippen molar-refractivity contribution in [1.29, 1.82) is 0 Å². The molecule has 0 aromatic carbocycles. The third-order valence-corrected chi connectivity index (χ3v) is 3.26. The fourth-order valence-corrected chi connectivity index (χ4v) is 2.06. The first-order chi connectivity index (χ1) is 9.19. The number of hydrogen-bond donors (Lipinski definition) is 0. The third kappa shape index (κ3) is 5.57. The van der Waals surface area contributed by atoms with Crippen LogP contribution in [0, 0.1) is 5.92 Å². The van der Waals surface area contributed by atoms with E-state index in [0.717, 1.165) is 12.8 Å².